The molecule has 150 valence electrons. The lowest BCUT2D eigenvalue weighted by molar-refractivity contribution is -0.152. The van der Waals surface area contributed by atoms with Gasteiger partial charge in [0.15, 0.2) is 6.10 Å². The van der Waals surface area contributed by atoms with Crippen LogP contribution in [-0.4, -0.2) is 32.9 Å². The van der Waals surface area contributed by atoms with E-state index in [-0.39, 0.29) is 17.9 Å². The van der Waals surface area contributed by atoms with Crippen molar-refractivity contribution < 1.29 is 22.7 Å². The maximum absolute atomic E-state index is 12.1. The molecular formula is C19H21ClN2O5S. The largest absolute Gasteiger partial charge is 0.452 e. The van der Waals surface area contributed by atoms with Crippen LogP contribution in [0, 0.1) is 6.92 Å². The summed E-state index contributed by atoms with van der Waals surface area (Å²) in [5.41, 5.74) is 1.58. The molecule has 2 rings (SSSR count). The van der Waals surface area contributed by atoms with Crippen LogP contribution in [0.15, 0.2) is 53.4 Å². The van der Waals surface area contributed by atoms with Gasteiger partial charge in [0.25, 0.3) is 5.91 Å². The van der Waals surface area contributed by atoms with E-state index in [1.807, 2.05) is 13.0 Å². The summed E-state index contributed by atoms with van der Waals surface area (Å²) in [5.74, 6) is -1.16. The van der Waals surface area contributed by atoms with E-state index in [9.17, 15) is 18.0 Å². The number of aryl methyl sites for hydroxylation is 1. The maximum Gasteiger partial charge on any atom is 0.307 e. The second kappa shape index (κ2) is 9.68. The van der Waals surface area contributed by atoms with Gasteiger partial charge >= 0.3 is 5.97 Å². The third-order valence-corrected chi connectivity index (χ3v) is 5.44. The number of carbonyl (C=O) groups is 2. The summed E-state index contributed by atoms with van der Waals surface area (Å²) in [6, 6.07) is 12.8. The Kier molecular flexibility index (Phi) is 7.56. The summed E-state index contributed by atoms with van der Waals surface area (Å²) in [7, 11) is -3.76. The molecule has 0 aliphatic carbocycles. The van der Waals surface area contributed by atoms with Crippen molar-refractivity contribution in [3.8, 4) is 0 Å². The lowest BCUT2D eigenvalue weighted by atomic mass is 10.2. The first kappa shape index (κ1) is 21.9. The molecule has 0 aliphatic rings. The highest BCUT2D eigenvalue weighted by atomic mass is 35.5. The van der Waals surface area contributed by atoms with Crippen molar-refractivity contribution in [2.75, 3.05) is 11.9 Å². The van der Waals surface area contributed by atoms with Crippen LogP contribution in [0.1, 0.15) is 18.9 Å². The Morgan fingerprint density at radius 1 is 1.14 bits per heavy atom. The molecule has 0 bridgehead atoms. The zero-order chi connectivity index (χ0) is 20.7. The van der Waals surface area contributed by atoms with E-state index in [4.69, 9.17) is 16.3 Å². The van der Waals surface area contributed by atoms with Crippen LogP contribution in [-0.2, 0) is 24.3 Å². The normalized spacial score (nSPS) is 12.2. The number of hydrogen-bond acceptors (Lipinski definition) is 5. The highest BCUT2D eigenvalue weighted by Gasteiger charge is 2.19. The molecule has 0 aromatic heterocycles. The molecule has 1 atom stereocenters. The van der Waals surface area contributed by atoms with E-state index in [0.29, 0.717) is 10.7 Å². The zero-order valence-corrected chi connectivity index (χ0v) is 17.0. The first-order chi connectivity index (χ1) is 13.2. The Balaban J connectivity index is 1.79. The average Bonchev–Trinajstić information content (AvgIpc) is 2.61. The Morgan fingerprint density at radius 2 is 1.82 bits per heavy atom. The fourth-order valence-electron chi connectivity index (χ4n) is 2.26. The van der Waals surface area contributed by atoms with Gasteiger partial charge in [-0.3, -0.25) is 9.59 Å². The SMILES string of the molecule is Cc1cccc(NC(=O)C(C)OC(=O)CCNS(=O)(=O)c2ccc(Cl)cc2)c1. The average molecular weight is 425 g/mol. The number of rotatable bonds is 8. The van der Waals surface area contributed by atoms with Gasteiger partial charge in [0.2, 0.25) is 10.0 Å². The first-order valence-electron chi connectivity index (χ1n) is 8.49. The number of amides is 1. The van der Waals surface area contributed by atoms with Gasteiger partial charge < -0.3 is 10.1 Å². The maximum atomic E-state index is 12.1. The van der Waals surface area contributed by atoms with Crippen LogP contribution >= 0.6 is 11.6 Å². The lowest BCUT2D eigenvalue weighted by Crippen LogP contribution is -2.32. The van der Waals surface area contributed by atoms with Crippen LogP contribution in [0.4, 0.5) is 5.69 Å². The van der Waals surface area contributed by atoms with E-state index in [1.165, 1.54) is 31.2 Å². The van der Waals surface area contributed by atoms with Crippen molar-refractivity contribution in [3.05, 3.63) is 59.1 Å². The molecule has 2 aromatic rings. The molecule has 28 heavy (non-hydrogen) atoms. The summed E-state index contributed by atoms with van der Waals surface area (Å²) in [4.78, 5) is 24.0. The van der Waals surface area contributed by atoms with Gasteiger partial charge in [-0.1, -0.05) is 23.7 Å². The van der Waals surface area contributed by atoms with Crippen LogP contribution in [0.3, 0.4) is 0 Å². The van der Waals surface area contributed by atoms with Crippen molar-refractivity contribution in [2.45, 2.75) is 31.3 Å². The predicted molar refractivity (Wildman–Crippen MR) is 107 cm³/mol. The van der Waals surface area contributed by atoms with Gasteiger partial charge in [-0.05, 0) is 55.8 Å². The third-order valence-electron chi connectivity index (χ3n) is 3.71. The van der Waals surface area contributed by atoms with Gasteiger partial charge in [0.05, 0.1) is 11.3 Å². The predicted octanol–water partition coefficient (Wildman–Crippen LogP) is 2.89. The molecule has 0 heterocycles. The number of carbonyl (C=O) groups excluding carboxylic acids is 2. The number of benzene rings is 2. The topological polar surface area (TPSA) is 102 Å². The number of ether oxygens (including phenoxy) is 1. The monoisotopic (exact) mass is 424 g/mol. The Morgan fingerprint density at radius 3 is 2.46 bits per heavy atom. The number of anilines is 1. The summed E-state index contributed by atoms with van der Waals surface area (Å²) >= 11 is 5.73. The molecule has 1 unspecified atom stereocenters. The molecule has 2 aromatic carbocycles. The van der Waals surface area contributed by atoms with Crippen LogP contribution in [0.5, 0.6) is 0 Å². The number of sulfonamides is 1. The molecule has 0 spiro atoms. The van der Waals surface area contributed by atoms with Gasteiger partial charge in [-0.2, -0.15) is 0 Å². The second-order valence-electron chi connectivity index (χ2n) is 6.09. The van der Waals surface area contributed by atoms with Gasteiger partial charge in [-0.15, -0.1) is 0 Å². The van der Waals surface area contributed by atoms with E-state index in [1.54, 1.807) is 18.2 Å². The minimum absolute atomic E-state index is 0.0381. The van der Waals surface area contributed by atoms with E-state index < -0.39 is 28.0 Å². The van der Waals surface area contributed by atoms with E-state index in [2.05, 4.69) is 10.0 Å². The Labute approximate surface area is 169 Å². The molecule has 0 saturated heterocycles. The summed E-state index contributed by atoms with van der Waals surface area (Å²) in [5, 5.41) is 3.07. The number of halogens is 1. The smallest absolute Gasteiger partial charge is 0.307 e. The lowest BCUT2D eigenvalue weighted by Gasteiger charge is -2.14. The van der Waals surface area contributed by atoms with Crippen molar-refractivity contribution in [1.29, 1.82) is 0 Å². The fourth-order valence-corrected chi connectivity index (χ4v) is 3.42. The number of hydrogen-bond donors (Lipinski definition) is 2. The first-order valence-corrected chi connectivity index (χ1v) is 10.4. The summed E-state index contributed by atoms with van der Waals surface area (Å²) < 4.78 is 31.6. The van der Waals surface area contributed by atoms with Gasteiger partial charge in [0, 0.05) is 17.3 Å². The quantitative estimate of drug-likeness (QED) is 0.634. The van der Waals surface area contributed by atoms with Gasteiger partial charge in [0.1, 0.15) is 0 Å². The fraction of sp³-hybridized carbons (Fsp3) is 0.263. The highest BCUT2D eigenvalue weighted by Crippen LogP contribution is 2.14. The summed E-state index contributed by atoms with van der Waals surface area (Å²) in [6.07, 6.45) is -1.23. The van der Waals surface area contributed by atoms with Crippen molar-refractivity contribution in [3.63, 3.8) is 0 Å². The molecule has 9 heteroatoms. The Bertz CT molecular complexity index is 945. The van der Waals surface area contributed by atoms with Crippen LogP contribution in [0.2, 0.25) is 5.02 Å². The standard InChI is InChI=1S/C19H21ClN2O5S/c1-13-4-3-5-16(12-13)22-19(24)14(2)27-18(23)10-11-21-28(25,26)17-8-6-15(20)7-9-17/h3-9,12,14,21H,10-11H2,1-2H3,(H,22,24). The zero-order valence-electron chi connectivity index (χ0n) is 15.4. The van der Waals surface area contributed by atoms with Crippen molar-refractivity contribution >= 4 is 39.2 Å². The molecule has 1 amide bonds. The number of nitrogens with one attached hydrogen (secondary N) is 2. The number of esters is 1. The second-order valence-corrected chi connectivity index (χ2v) is 8.30. The Hall–Kier alpha value is -2.42. The molecule has 0 fully saturated rings. The molecule has 2 N–H and O–H groups in total. The minimum Gasteiger partial charge on any atom is -0.452 e. The van der Waals surface area contributed by atoms with Gasteiger partial charge in [-0.25, -0.2) is 13.1 Å². The van der Waals surface area contributed by atoms with E-state index in [0.717, 1.165) is 5.56 Å². The summed E-state index contributed by atoms with van der Waals surface area (Å²) in [6.45, 7) is 3.18. The van der Waals surface area contributed by atoms with E-state index >= 15 is 0 Å². The van der Waals surface area contributed by atoms with Crippen molar-refractivity contribution in [1.82, 2.24) is 4.72 Å². The van der Waals surface area contributed by atoms with Crippen molar-refractivity contribution in [2.24, 2.45) is 0 Å². The molecule has 0 radical (unpaired) electrons. The minimum atomic E-state index is -3.76. The third kappa shape index (κ3) is 6.63. The highest BCUT2D eigenvalue weighted by molar-refractivity contribution is 7.89. The molecule has 0 saturated carbocycles. The molecular weight excluding hydrogens is 404 g/mol. The molecule has 0 aliphatic heterocycles. The van der Waals surface area contributed by atoms with Crippen LogP contribution < -0.4 is 10.0 Å². The molecule has 7 nitrogen and oxygen atoms in total. The van der Waals surface area contributed by atoms with Crippen LogP contribution in [0.25, 0.3) is 0 Å².